The molecule has 44 heavy (non-hydrogen) atoms. The summed E-state index contributed by atoms with van der Waals surface area (Å²) in [6.07, 6.45) is 11.4. The number of nitrogens with one attached hydrogen (secondary N) is 1. The van der Waals surface area contributed by atoms with Gasteiger partial charge in [-0.1, -0.05) is 12.7 Å². The van der Waals surface area contributed by atoms with E-state index in [-0.39, 0.29) is 25.7 Å². The summed E-state index contributed by atoms with van der Waals surface area (Å²) in [5.74, 6) is -1.88. The highest BCUT2D eigenvalue weighted by Gasteiger charge is 2.39. The first-order valence-corrected chi connectivity index (χ1v) is 14.2. The molecule has 0 radical (unpaired) electrons. The Balaban J connectivity index is 1.80. The molecule has 0 saturated heterocycles. The van der Waals surface area contributed by atoms with Crippen molar-refractivity contribution in [2.45, 2.75) is 59.0 Å². The number of aliphatic imine (C=N–C) groups is 3. The van der Waals surface area contributed by atoms with Gasteiger partial charge in [0.15, 0.2) is 0 Å². The van der Waals surface area contributed by atoms with Crippen molar-refractivity contribution in [2.24, 2.45) is 15.0 Å². The molecule has 0 aliphatic carbocycles. The lowest BCUT2D eigenvalue weighted by Gasteiger charge is -2.20. The standard InChI is InChI=1S/C34H34N4O6/c1-6-20-17(2)25-14-30-23(11-12-39)34(5,44)31(38-30)16-26-19(4)22(8-10-33(42)43)29(37-26)15-28-21(7-9-32(40)41)18(3)24(36-28)13-27(20)35-25/h6,11-16,38-39,44H,1,7-10H2,2-5H3,(H,40,41)(H,42,43)/b12-11-,24-13?,25-14?,29-15?,31-16?. The van der Waals surface area contributed by atoms with E-state index in [0.717, 1.165) is 39.7 Å². The molecular weight excluding hydrogens is 560 g/mol. The predicted octanol–water partition coefficient (Wildman–Crippen LogP) is 5.44. The Labute approximate surface area is 255 Å². The summed E-state index contributed by atoms with van der Waals surface area (Å²) in [5, 5.41) is 43.6. The summed E-state index contributed by atoms with van der Waals surface area (Å²) in [6.45, 7) is 11.3. The summed E-state index contributed by atoms with van der Waals surface area (Å²) >= 11 is 0. The summed E-state index contributed by atoms with van der Waals surface area (Å²) < 4.78 is 0. The monoisotopic (exact) mass is 594 g/mol. The van der Waals surface area contributed by atoms with Gasteiger partial charge in [-0.15, -0.1) is 0 Å². The van der Waals surface area contributed by atoms with Gasteiger partial charge < -0.3 is 25.7 Å². The zero-order valence-electron chi connectivity index (χ0n) is 25.0. The smallest absolute Gasteiger partial charge is 0.303 e. The van der Waals surface area contributed by atoms with Gasteiger partial charge in [0.2, 0.25) is 0 Å². The number of carboxylic acids is 2. The Hall–Kier alpha value is -5.09. The van der Waals surface area contributed by atoms with E-state index < -0.39 is 17.5 Å². The number of fused-ring (bicyclic) bond motifs is 5. The third kappa shape index (κ3) is 5.40. The van der Waals surface area contributed by atoms with Crippen LogP contribution in [0.25, 0.3) is 0 Å². The minimum absolute atomic E-state index is 0.0886. The number of aliphatic carboxylic acids is 2. The lowest BCUT2D eigenvalue weighted by atomic mass is 9.92. The molecule has 0 saturated carbocycles. The molecule has 10 nitrogen and oxygen atoms in total. The number of hydrogen-bond acceptors (Lipinski definition) is 8. The van der Waals surface area contributed by atoms with E-state index in [1.165, 1.54) is 6.08 Å². The van der Waals surface area contributed by atoms with Gasteiger partial charge in [-0.25, -0.2) is 15.0 Å². The largest absolute Gasteiger partial charge is 0.516 e. The number of carbonyl (C=O) groups is 2. The minimum Gasteiger partial charge on any atom is -0.516 e. The van der Waals surface area contributed by atoms with Crippen molar-refractivity contribution in [2.75, 3.05) is 0 Å². The molecule has 1 atom stereocenters. The van der Waals surface area contributed by atoms with Crippen molar-refractivity contribution in [1.29, 1.82) is 0 Å². The van der Waals surface area contributed by atoms with Crippen LogP contribution in [0.1, 0.15) is 53.4 Å². The number of carboxylic acid groups (broad SMARTS) is 2. The van der Waals surface area contributed by atoms with Crippen molar-refractivity contribution in [3.8, 4) is 0 Å². The quantitative estimate of drug-likeness (QED) is 0.233. The Kier molecular flexibility index (Phi) is 7.96. The van der Waals surface area contributed by atoms with Gasteiger partial charge >= 0.3 is 11.9 Å². The van der Waals surface area contributed by atoms with Crippen LogP contribution in [0.3, 0.4) is 0 Å². The fourth-order valence-corrected chi connectivity index (χ4v) is 5.87. The molecule has 226 valence electrons. The number of aliphatic hydroxyl groups is 2. The van der Waals surface area contributed by atoms with Crippen molar-refractivity contribution >= 4 is 29.1 Å². The minimum atomic E-state index is -1.53. The van der Waals surface area contributed by atoms with Crippen molar-refractivity contribution in [3.63, 3.8) is 0 Å². The van der Waals surface area contributed by atoms with E-state index in [1.54, 1.807) is 31.2 Å². The van der Waals surface area contributed by atoms with Crippen molar-refractivity contribution in [3.05, 3.63) is 117 Å². The van der Waals surface area contributed by atoms with Crippen LogP contribution < -0.4 is 5.32 Å². The van der Waals surface area contributed by atoms with Gasteiger partial charge in [-0.2, -0.15) is 0 Å². The van der Waals surface area contributed by atoms with Crippen molar-refractivity contribution < 1.29 is 30.0 Å². The van der Waals surface area contributed by atoms with Gasteiger partial charge in [0, 0.05) is 29.7 Å². The SMILES string of the molecule is C=CC1=C(C)C2=CC3=C(/C=C\O)C(C)(O)C(=CC4=NC(=CC5=NC(=CC1=N2)C(C)=C5CCC(=O)O)C(CCC(=O)O)=C4C)N3. The fraction of sp³-hybridized carbons (Fsp3) is 0.265. The molecule has 5 N–H and O–H groups in total. The summed E-state index contributed by atoms with van der Waals surface area (Å²) in [7, 11) is 0. The summed E-state index contributed by atoms with van der Waals surface area (Å²) in [4.78, 5) is 37.7. The highest BCUT2D eigenvalue weighted by atomic mass is 16.4. The first-order chi connectivity index (χ1) is 20.8. The molecule has 0 aromatic carbocycles. The molecule has 8 bridgehead atoms. The molecule has 5 heterocycles. The summed E-state index contributed by atoms with van der Waals surface area (Å²) in [5.41, 5.74) is 8.02. The van der Waals surface area contributed by atoms with Crippen LogP contribution in [0, 0.1) is 0 Å². The summed E-state index contributed by atoms with van der Waals surface area (Å²) in [6, 6.07) is 0. The Bertz CT molecular complexity index is 1790. The average Bonchev–Trinajstić information content (AvgIpc) is 3.59. The van der Waals surface area contributed by atoms with Crippen LogP contribution in [0.15, 0.2) is 132 Å². The normalized spacial score (nSPS) is 23.0. The topological polar surface area (TPSA) is 164 Å². The van der Waals surface area contributed by atoms with Gasteiger partial charge in [0.05, 0.1) is 46.2 Å². The number of hydrogen-bond donors (Lipinski definition) is 5. The molecule has 0 fully saturated rings. The number of nitrogens with zero attached hydrogens (tertiary/aromatic N) is 3. The lowest BCUT2D eigenvalue weighted by molar-refractivity contribution is -0.137. The van der Waals surface area contributed by atoms with Gasteiger partial charge in [0.25, 0.3) is 0 Å². The van der Waals surface area contributed by atoms with Crippen LogP contribution in [0.2, 0.25) is 0 Å². The van der Waals surface area contributed by atoms with E-state index in [1.807, 2.05) is 26.8 Å². The van der Waals surface area contributed by atoms with Crippen molar-refractivity contribution in [1.82, 2.24) is 5.32 Å². The highest BCUT2D eigenvalue weighted by Crippen LogP contribution is 2.40. The first-order valence-electron chi connectivity index (χ1n) is 14.2. The Morgan fingerprint density at radius 1 is 0.841 bits per heavy atom. The molecule has 0 aromatic rings. The molecule has 0 amide bonds. The van der Waals surface area contributed by atoms with Crippen LogP contribution in [0.4, 0.5) is 0 Å². The molecule has 5 rings (SSSR count). The molecule has 0 spiro atoms. The Morgan fingerprint density at radius 2 is 1.43 bits per heavy atom. The molecule has 5 aliphatic rings. The van der Waals surface area contributed by atoms with Gasteiger partial charge in [-0.05, 0) is 98.8 Å². The maximum atomic E-state index is 11.7. The van der Waals surface area contributed by atoms with E-state index in [9.17, 15) is 30.0 Å². The molecule has 5 aliphatic heterocycles. The number of rotatable bonds is 8. The second-order valence-electron chi connectivity index (χ2n) is 11.2. The second-order valence-corrected chi connectivity index (χ2v) is 11.2. The van der Waals surface area contributed by atoms with E-state index in [4.69, 9.17) is 15.0 Å². The molecule has 0 aromatic heterocycles. The molecule has 10 heteroatoms. The van der Waals surface area contributed by atoms with E-state index in [2.05, 4.69) is 11.9 Å². The van der Waals surface area contributed by atoms with E-state index >= 15 is 0 Å². The zero-order valence-corrected chi connectivity index (χ0v) is 25.0. The third-order valence-corrected chi connectivity index (χ3v) is 8.42. The van der Waals surface area contributed by atoms with Crippen LogP contribution in [-0.2, 0) is 9.59 Å². The second kappa shape index (κ2) is 11.5. The number of aliphatic hydroxyl groups excluding tert-OH is 1. The third-order valence-electron chi connectivity index (χ3n) is 8.42. The van der Waals surface area contributed by atoms with Gasteiger partial charge in [0.1, 0.15) is 5.60 Å². The zero-order chi connectivity index (χ0) is 31.9. The van der Waals surface area contributed by atoms with Gasteiger partial charge in [-0.3, -0.25) is 9.59 Å². The van der Waals surface area contributed by atoms with E-state index in [0.29, 0.717) is 51.2 Å². The van der Waals surface area contributed by atoms with Crippen LogP contribution in [-0.4, -0.2) is 55.1 Å². The fourth-order valence-electron chi connectivity index (χ4n) is 5.87. The number of allylic oxidation sites excluding steroid dienone is 11. The highest BCUT2D eigenvalue weighted by molar-refractivity contribution is 6.18. The Morgan fingerprint density at radius 3 is 2.07 bits per heavy atom. The molecular formula is C34H34N4O6. The maximum Gasteiger partial charge on any atom is 0.303 e. The average molecular weight is 595 g/mol. The first kappa shape index (κ1) is 30.4. The lowest BCUT2D eigenvalue weighted by Crippen LogP contribution is -2.29. The predicted molar refractivity (Wildman–Crippen MR) is 169 cm³/mol. The van der Waals surface area contributed by atoms with Crippen LogP contribution in [0.5, 0.6) is 0 Å². The molecule has 1 unspecified atom stereocenters. The van der Waals surface area contributed by atoms with Crippen LogP contribution >= 0.6 is 0 Å². The maximum absolute atomic E-state index is 11.7.